The second kappa shape index (κ2) is 11.0. The fourth-order valence-corrected chi connectivity index (χ4v) is 3.83. The van der Waals surface area contributed by atoms with Crippen LogP contribution in [0.15, 0.2) is 60.2 Å². The molecule has 1 saturated heterocycles. The second-order valence-electron chi connectivity index (χ2n) is 8.19. The molecule has 1 heterocycles. The van der Waals surface area contributed by atoms with E-state index in [0.29, 0.717) is 11.8 Å². The molecule has 1 atom stereocenters. The summed E-state index contributed by atoms with van der Waals surface area (Å²) in [4.78, 5) is 37.8. The van der Waals surface area contributed by atoms with Gasteiger partial charge in [-0.25, -0.2) is 4.79 Å². The highest BCUT2D eigenvalue weighted by atomic mass is 19.4. The van der Waals surface area contributed by atoms with E-state index >= 15 is 0 Å². The van der Waals surface area contributed by atoms with Crippen molar-refractivity contribution in [2.45, 2.75) is 17.9 Å². The molecular weight excluding hydrogens is 520 g/mol. The van der Waals surface area contributed by atoms with E-state index in [4.69, 9.17) is 5.41 Å². The first-order valence-corrected chi connectivity index (χ1v) is 10.9. The predicted octanol–water partition coefficient (Wildman–Crippen LogP) is 3.41. The second-order valence-corrected chi connectivity index (χ2v) is 8.19. The zero-order chi connectivity index (χ0) is 28.1. The largest absolute Gasteiger partial charge is 0.416 e. The van der Waals surface area contributed by atoms with Crippen LogP contribution in [-0.2, 0) is 11.0 Å². The minimum absolute atomic E-state index is 0.0277. The fraction of sp³-hybridized carbons (Fsp3) is 0.250. The molecule has 1 aliphatic rings. The van der Waals surface area contributed by atoms with Crippen LogP contribution in [0.25, 0.3) is 11.1 Å². The lowest BCUT2D eigenvalue weighted by atomic mass is 9.88. The number of rotatable bonds is 9. The van der Waals surface area contributed by atoms with Crippen LogP contribution in [0, 0.1) is 5.41 Å². The van der Waals surface area contributed by atoms with Crippen LogP contribution in [0.4, 0.5) is 31.1 Å². The molecule has 0 radical (unpaired) electrons. The van der Waals surface area contributed by atoms with Gasteiger partial charge in [-0.1, -0.05) is 30.3 Å². The Balaban J connectivity index is 1.87. The van der Waals surface area contributed by atoms with Gasteiger partial charge in [0.25, 0.3) is 11.8 Å². The summed E-state index contributed by atoms with van der Waals surface area (Å²) in [6, 6.07) is 9.11. The van der Waals surface area contributed by atoms with Crippen LogP contribution in [0.3, 0.4) is 0 Å². The van der Waals surface area contributed by atoms with Gasteiger partial charge in [0, 0.05) is 18.3 Å². The Labute approximate surface area is 212 Å². The van der Waals surface area contributed by atoms with Crippen LogP contribution >= 0.6 is 0 Å². The first kappa shape index (κ1) is 28.4. The highest BCUT2D eigenvalue weighted by molar-refractivity contribution is 6.10. The normalized spacial score (nSPS) is 18.1. The molecule has 4 amide bonds. The van der Waals surface area contributed by atoms with Gasteiger partial charge in [-0.3, -0.25) is 14.9 Å². The number of carbonyl (C=O) groups excluding carboxylic acids is 3. The summed E-state index contributed by atoms with van der Waals surface area (Å²) in [6.07, 6.45) is -7.38. The first-order valence-electron chi connectivity index (χ1n) is 10.9. The van der Waals surface area contributed by atoms with Crippen LogP contribution in [-0.4, -0.2) is 55.4 Å². The number of hydrogen-bond acceptors (Lipinski definition) is 5. The minimum atomic E-state index is -4.57. The number of alkyl halides is 6. The number of urea groups is 1. The highest BCUT2D eigenvalue weighted by Crippen LogP contribution is 2.32. The summed E-state index contributed by atoms with van der Waals surface area (Å²) in [6.45, 7) is -2.57. The first-order chi connectivity index (χ1) is 17.8. The molecule has 3 rings (SSSR count). The Kier molecular flexibility index (Phi) is 8.25. The Hall–Kier alpha value is -4.20. The molecule has 1 unspecified atom stereocenters. The maximum atomic E-state index is 13.1. The fourth-order valence-electron chi connectivity index (χ4n) is 3.83. The van der Waals surface area contributed by atoms with Gasteiger partial charge in [0.05, 0.1) is 18.7 Å². The SMILES string of the molecule is N=C/C=C(\CNCC(F)(F)F)C1(CNC(=O)c2ccccc2-c2ccc(C(F)(F)F)cc2)NC(=O)NC1=O. The molecule has 2 aromatic carbocycles. The average Bonchev–Trinajstić information content (AvgIpc) is 3.14. The van der Waals surface area contributed by atoms with E-state index in [2.05, 4.69) is 16.0 Å². The molecule has 5 N–H and O–H groups in total. The monoisotopic (exact) mass is 541 g/mol. The Morgan fingerprint density at radius 3 is 2.21 bits per heavy atom. The number of amides is 4. The number of imide groups is 1. The van der Waals surface area contributed by atoms with Crippen LogP contribution < -0.4 is 21.3 Å². The van der Waals surface area contributed by atoms with Crippen LogP contribution in [0.2, 0.25) is 0 Å². The summed E-state index contributed by atoms with van der Waals surface area (Å²) in [7, 11) is 0. The van der Waals surface area contributed by atoms with Gasteiger partial charge in [0.2, 0.25) is 0 Å². The minimum Gasteiger partial charge on any atom is -0.349 e. The van der Waals surface area contributed by atoms with Gasteiger partial charge in [-0.2, -0.15) is 26.3 Å². The lowest BCUT2D eigenvalue weighted by molar-refractivity contribution is -0.137. The lowest BCUT2D eigenvalue weighted by Gasteiger charge is -2.30. The summed E-state index contributed by atoms with van der Waals surface area (Å²) < 4.78 is 76.6. The van der Waals surface area contributed by atoms with Crippen LogP contribution in [0.1, 0.15) is 15.9 Å². The van der Waals surface area contributed by atoms with Crippen molar-refractivity contribution in [3.8, 4) is 11.1 Å². The molecule has 202 valence electrons. The third-order valence-corrected chi connectivity index (χ3v) is 5.62. The maximum Gasteiger partial charge on any atom is 0.416 e. The molecule has 0 aliphatic carbocycles. The van der Waals surface area contributed by atoms with Crippen molar-refractivity contribution < 1.29 is 40.7 Å². The number of hydrogen-bond donors (Lipinski definition) is 5. The van der Waals surface area contributed by atoms with E-state index in [-0.39, 0.29) is 16.7 Å². The van der Waals surface area contributed by atoms with E-state index < -0.39 is 60.9 Å². The summed E-state index contributed by atoms with van der Waals surface area (Å²) >= 11 is 0. The number of benzene rings is 2. The van der Waals surface area contributed by atoms with Crippen molar-refractivity contribution in [3.63, 3.8) is 0 Å². The number of nitrogens with one attached hydrogen (secondary N) is 5. The van der Waals surface area contributed by atoms with Gasteiger partial charge in [0.1, 0.15) is 0 Å². The van der Waals surface area contributed by atoms with Crippen molar-refractivity contribution in [2.24, 2.45) is 0 Å². The molecule has 0 saturated carbocycles. The van der Waals surface area contributed by atoms with Gasteiger partial charge in [0.15, 0.2) is 5.54 Å². The topological polar surface area (TPSA) is 123 Å². The number of allylic oxidation sites excluding steroid dienone is 1. The summed E-state index contributed by atoms with van der Waals surface area (Å²) in [5, 5.41) is 16.2. The third-order valence-electron chi connectivity index (χ3n) is 5.62. The zero-order valence-electron chi connectivity index (χ0n) is 19.4. The molecule has 0 aromatic heterocycles. The van der Waals surface area contributed by atoms with Gasteiger partial charge in [-0.15, -0.1) is 0 Å². The van der Waals surface area contributed by atoms with Crippen molar-refractivity contribution in [2.75, 3.05) is 19.6 Å². The Morgan fingerprint density at radius 2 is 1.66 bits per heavy atom. The van der Waals surface area contributed by atoms with Crippen molar-refractivity contribution in [3.05, 3.63) is 71.3 Å². The molecular formula is C24H21F6N5O3. The Bertz CT molecular complexity index is 1260. The van der Waals surface area contributed by atoms with Gasteiger partial charge < -0.3 is 21.4 Å². The van der Waals surface area contributed by atoms with E-state index in [1.807, 2.05) is 5.32 Å². The van der Waals surface area contributed by atoms with E-state index in [0.717, 1.165) is 18.2 Å². The molecule has 0 spiro atoms. The summed E-state index contributed by atoms with van der Waals surface area (Å²) in [5.41, 5.74) is -2.42. The smallest absolute Gasteiger partial charge is 0.349 e. The molecule has 1 aliphatic heterocycles. The van der Waals surface area contributed by atoms with Crippen molar-refractivity contribution in [1.29, 1.82) is 5.41 Å². The van der Waals surface area contributed by atoms with Crippen LogP contribution in [0.5, 0.6) is 0 Å². The predicted molar refractivity (Wildman–Crippen MR) is 124 cm³/mol. The molecule has 38 heavy (non-hydrogen) atoms. The quantitative estimate of drug-likeness (QED) is 0.190. The maximum absolute atomic E-state index is 13.1. The Morgan fingerprint density at radius 1 is 1.00 bits per heavy atom. The number of halogens is 6. The van der Waals surface area contributed by atoms with E-state index in [1.165, 1.54) is 30.3 Å². The molecule has 8 nitrogen and oxygen atoms in total. The van der Waals surface area contributed by atoms with Gasteiger partial charge >= 0.3 is 18.4 Å². The standard InChI is InChI=1S/C24H21F6N5O3/c25-23(26,27)13-32-11-16(9-10-31)22(20(37)34-21(38)35-22)12-33-19(36)18-4-2-1-3-17(18)14-5-7-15(8-6-14)24(28,29)30/h1-10,31-32H,11-13H2,(H,33,36)(H2,34,35,37,38)/b16-9+,31-10?. The van der Waals surface area contributed by atoms with E-state index in [9.17, 15) is 40.7 Å². The summed E-state index contributed by atoms with van der Waals surface area (Å²) in [5.74, 6) is -1.73. The zero-order valence-corrected chi connectivity index (χ0v) is 19.4. The molecule has 1 fully saturated rings. The lowest BCUT2D eigenvalue weighted by Crippen LogP contribution is -2.58. The average molecular weight is 541 g/mol. The highest BCUT2D eigenvalue weighted by Gasteiger charge is 2.49. The van der Waals surface area contributed by atoms with Crippen molar-refractivity contribution in [1.82, 2.24) is 21.3 Å². The molecule has 0 bridgehead atoms. The molecule has 14 heteroatoms. The van der Waals surface area contributed by atoms with Crippen molar-refractivity contribution >= 4 is 24.1 Å². The molecule has 2 aromatic rings. The third kappa shape index (κ3) is 6.56. The van der Waals surface area contributed by atoms with E-state index in [1.54, 1.807) is 6.07 Å². The number of carbonyl (C=O) groups is 3. The van der Waals surface area contributed by atoms with Gasteiger partial charge in [-0.05, 0) is 41.0 Å².